The summed E-state index contributed by atoms with van der Waals surface area (Å²) in [5.41, 5.74) is 10.4. The first-order chi connectivity index (χ1) is 25.3. The third-order valence-corrected chi connectivity index (χ3v) is 11.8. The Morgan fingerprint density at radius 1 is 0.846 bits per heavy atom. The third kappa shape index (κ3) is 6.71. The predicted molar refractivity (Wildman–Crippen MR) is 231 cm³/mol. The smallest absolute Gasteiger partial charge is 0.157 e. The molecule has 4 aliphatic carbocycles. The molecule has 1 spiro atoms. The van der Waals surface area contributed by atoms with Crippen LogP contribution in [0.4, 0.5) is 0 Å². The number of phenols is 1. The van der Waals surface area contributed by atoms with E-state index in [4.69, 9.17) is 9.98 Å². The number of hydrogen-bond donors (Lipinski definition) is 1. The van der Waals surface area contributed by atoms with E-state index in [2.05, 4.69) is 157 Å². The normalized spacial score (nSPS) is 25.8. The average molecular weight is 904 g/mol. The van der Waals surface area contributed by atoms with Crippen molar-refractivity contribution in [3.8, 4) is 5.75 Å². The van der Waals surface area contributed by atoms with Gasteiger partial charge >= 0.3 is 0 Å². The number of aromatic hydroxyl groups is 1. The number of allylic oxidation sites excluding steroid dienone is 9. The number of rotatable bonds is 7. The molecule has 0 aromatic heterocycles. The minimum Gasteiger partial charge on any atom is -0.507 e. The number of halogens is 2. The van der Waals surface area contributed by atoms with E-state index in [0.717, 1.165) is 28.1 Å². The largest absolute Gasteiger partial charge is 0.507 e. The Balaban J connectivity index is 1.23. The molecule has 4 aromatic rings. The molecule has 1 fully saturated rings. The van der Waals surface area contributed by atoms with Crippen LogP contribution in [0.15, 0.2) is 190 Å². The molecule has 5 atom stereocenters. The molecule has 0 radical (unpaired) electrons. The monoisotopic (exact) mass is 903 g/mol. The van der Waals surface area contributed by atoms with E-state index in [0.29, 0.717) is 30.0 Å². The van der Waals surface area contributed by atoms with Gasteiger partial charge in [-0.1, -0.05) is 171 Å². The van der Waals surface area contributed by atoms with Crippen LogP contribution in [0, 0.1) is 23.2 Å². The Bertz CT molecular complexity index is 2250. The van der Waals surface area contributed by atoms with E-state index in [1.807, 2.05) is 55.9 Å². The molecule has 258 valence electrons. The first kappa shape index (κ1) is 34.8. The molecular formula is C46H39I2N3O. The zero-order valence-corrected chi connectivity index (χ0v) is 33.4. The second kappa shape index (κ2) is 14.6. The Hall–Kier alpha value is -4.28. The van der Waals surface area contributed by atoms with Gasteiger partial charge in [0.05, 0.1) is 52.3 Å². The lowest BCUT2D eigenvalue weighted by molar-refractivity contribution is 0.441. The number of amidine groups is 2. The Morgan fingerprint density at radius 2 is 1.52 bits per heavy atom. The fraction of sp³-hybridized carbons (Fsp3) is 0.174. The zero-order valence-electron chi connectivity index (χ0n) is 29.1. The summed E-state index contributed by atoms with van der Waals surface area (Å²) in [4.78, 5) is 10.4. The van der Waals surface area contributed by atoms with Gasteiger partial charge in [-0.3, -0.25) is 4.99 Å². The van der Waals surface area contributed by atoms with Gasteiger partial charge in [-0.25, -0.2) is 6.32 Å². The third-order valence-electron chi connectivity index (χ3n) is 10.9. The van der Waals surface area contributed by atoms with Crippen LogP contribution in [0.1, 0.15) is 42.0 Å². The summed E-state index contributed by atoms with van der Waals surface area (Å²) >= 11 is 4.63. The molecule has 1 N–H and O–H groups in total. The molecule has 8 rings (SSSR count). The quantitative estimate of drug-likeness (QED) is 0.0869. The van der Waals surface area contributed by atoms with Crippen LogP contribution in [0.5, 0.6) is 5.75 Å². The highest BCUT2D eigenvalue weighted by Gasteiger charge is 2.50. The first-order valence-electron chi connectivity index (χ1n) is 17.8. The van der Waals surface area contributed by atoms with E-state index in [1.165, 1.54) is 27.9 Å². The van der Waals surface area contributed by atoms with Crippen molar-refractivity contribution in [2.45, 2.75) is 26.3 Å². The van der Waals surface area contributed by atoms with Crippen LogP contribution >= 0.6 is 45.7 Å². The van der Waals surface area contributed by atoms with Crippen LogP contribution in [-0.2, 0) is 6.54 Å². The summed E-state index contributed by atoms with van der Waals surface area (Å²) in [6.07, 6.45) is 16.6. The molecule has 4 unspecified atom stereocenters. The molecular weight excluding hydrogens is 864 g/mol. The number of para-hydroxylation sites is 1. The Kier molecular flexibility index (Phi) is 9.78. The van der Waals surface area contributed by atoms with Crippen molar-refractivity contribution in [3.05, 3.63) is 202 Å². The maximum atomic E-state index is 11.0. The molecule has 4 aliphatic rings. The van der Waals surface area contributed by atoms with Gasteiger partial charge in [-0.2, -0.15) is 0 Å². The minimum absolute atomic E-state index is 0.143. The fourth-order valence-electron chi connectivity index (χ4n) is 8.04. The van der Waals surface area contributed by atoms with Gasteiger partial charge in [0.1, 0.15) is 5.75 Å². The van der Waals surface area contributed by atoms with Gasteiger partial charge in [0.2, 0.25) is 0 Å². The highest BCUT2D eigenvalue weighted by molar-refractivity contribution is 14.2. The van der Waals surface area contributed by atoms with Crippen molar-refractivity contribution >= 4 is 63.5 Å². The molecule has 0 amide bonds. The fourth-order valence-corrected chi connectivity index (χ4v) is 8.82. The molecule has 4 aromatic carbocycles. The van der Waals surface area contributed by atoms with Crippen molar-refractivity contribution in [1.29, 1.82) is 0 Å². The number of phenolic OH excluding ortho intramolecular Hbond substituents is 1. The van der Waals surface area contributed by atoms with Crippen LogP contribution in [0.2, 0.25) is 0 Å². The van der Waals surface area contributed by atoms with E-state index in [-0.39, 0.29) is 11.8 Å². The van der Waals surface area contributed by atoms with E-state index in [9.17, 15) is 5.11 Å². The number of benzene rings is 4. The van der Waals surface area contributed by atoms with Gasteiger partial charge in [0, 0.05) is 39.9 Å². The van der Waals surface area contributed by atoms with Gasteiger partial charge in [-0.05, 0) is 39.8 Å². The molecule has 1 saturated carbocycles. The van der Waals surface area contributed by atoms with Crippen molar-refractivity contribution < 1.29 is 5.11 Å². The highest BCUT2D eigenvalue weighted by Crippen LogP contribution is 2.62. The lowest BCUT2D eigenvalue weighted by atomic mass is 9.67. The van der Waals surface area contributed by atoms with Crippen molar-refractivity contribution in [1.82, 2.24) is 1.33 Å². The Morgan fingerprint density at radius 3 is 2.19 bits per heavy atom. The maximum Gasteiger partial charge on any atom is 0.157 e. The number of fused-ring (bicyclic) bond motifs is 1. The van der Waals surface area contributed by atoms with E-state index < -0.39 is 5.41 Å². The van der Waals surface area contributed by atoms with Gasteiger partial charge in [0.15, 0.2) is 11.7 Å². The van der Waals surface area contributed by atoms with Gasteiger partial charge in [0.25, 0.3) is 0 Å². The summed E-state index contributed by atoms with van der Waals surface area (Å²) in [7, 11) is 0. The lowest BCUT2D eigenvalue weighted by Gasteiger charge is -2.36. The van der Waals surface area contributed by atoms with Crippen molar-refractivity contribution in [2.75, 3.05) is 0 Å². The topological polar surface area (TPSA) is 48.2 Å². The lowest BCUT2D eigenvalue weighted by Crippen LogP contribution is -2.29. The van der Waals surface area contributed by atoms with Crippen molar-refractivity contribution in [3.63, 3.8) is 0 Å². The molecule has 4 nitrogen and oxygen atoms in total. The van der Waals surface area contributed by atoms with E-state index in [1.54, 1.807) is 6.07 Å². The standard InChI is InChI=1S/C46H39I2N3O/c1-30-22-23-36(45(51(47)48)50-44(34-18-10-5-11-19-34)49-29-32-14-6-3-7-15-32)27-46(30)28-40(31(2)41(46)26-35-20-12-13-21-42(35)52)37-24-38-39(25-37)43(38)33-16-8-4-9-17-33/h3-28,30-31,38,43,52H,29H2,1-2H3/b41-26?,49-44-,50-45-/t30?,31?,38-,43?,46?/m0/s1. The van der Waals surface area contributed by atoms with Crippen LogP contribution in [0.25, 0.3) is 6.08 Å². The summed E-state index contributed by atoms with van der Waals surface area (Å²) in [5, 5.41) is 11.0. The van der Waals surface area contributed by atoms with E-state index >= 15 is 0 Å². The molecule has 0 heterocycles. The molecule has 0 bridgehead atoms. The summed E-state index contributed by atoms with van der Waals surface area (Å²) in [6.45, 7) is 5.16. The van der Waals surface area contributed by atoms with Crippen molar-refractivity contribution in [2.24, 2.45) is 33.2 Å². The molecule has 52 heavy (non-hydrogen) atoms. The van der Waals surface area contributed by atoms with Gasteiger partial charge < -0.3 is 5.11 Å². The summed E-state index contributed by atoms with van der Waals surface area (Å²) in [5.74, 6) is 3.09. The second-order valence-corrected chi connectivity index (χ2v) is 17.8. The molecule has 0 aliphatic heterocycles. The predicted octanol–water partition coefficient (Wildman–Crippen LogP) is 11.8. The van der Waals surface area contributed by atoms with Crippen LogP contribution < -0.4 is 0 Å². The number of hydrogen-bond acceptors (Lipinski definition) is 2. The maximum absolute atomic E-state index is 11.0. The number of aliphatic imine (C=N–C) groups is 2. The van der Waals surface area contributed by atoms with Crippen LogP contribution in [-0.4, -0.2) is 18.1 Å². The average Bonchev–Trinajstić information content (AvgIpc) is 3.53. The SMILES string of the molecule is CC1C(C2=C[C@H]3C(=C2)C3c2ccccc2)=CC2(C=C(/C(=N/C(=N\Cc3ccccc3)c3ccccc3)N(I)I)C=CC2C)C1=Cc1ccccc1O. The molecule has 6 heteroatoms. The molecule has 0 saturated heterocycles. The van der Waals surface area contributed by atoms with Crippen LogP contribution in [0.3, 0.4) is 0 Å². The minimum atomic E-state index is -0.426. The zero-order chi connectivity index (χ0) is 35.8. The number of nitrogens with zero attached hydrogens (tertiary/aromatic N) is 3. The summed E-state index contributed by atoms with van der Waals surface area (Å²) in [6, 6.07) is 39.1. The van der Waals surface area contributed by atoms with Gasteiger partial charge in [-0.15, -0.1) is 0 Å². The second-order valence-electron chi connectivity index (χ2n) is 14.0. The summed E-state index contributed by atoms with van der Waals surface area (Å²) < 4.78 is 2.03. The highest BCUT2D eigenvalue weighted by atomic mass is 127. The first-order valence-corrected chi connectivity index (χ1v) is 19.7. The Labute approximate surface area is 334 Å².